The molecular weight excluding hydrogens is 150 g/mol. The molecular formula is C10H21NO. The lowest BCUT2D eigenvalue weighted by molar-refractivity contribution is 0.193. The molecule has 1 unspecified atom stereocenters. The molecule has 72 valence electrons. The lowest BCUT2D eigenvalue weighted by Crippen LogP contribution is -2.27. The molecule has 0 radical (unpaired) electrons. The van der Waals surface area contributed by atoms with E-state index in [1.165, 1.54) is 32.1 Å². The van der Waals surface area contributed by atoms with Crippen molar-refractivity contribution in [2.75, 3.05) is 6.61 Å². The minimum atomic E-state index is 0.336. The van der Waals surface area contributed by atoms with Gasteiger partial charge in [-0.3, -0.25) is 0 Å². The highest BCUT2D eigenvalue weighted by Crippen LogP contribution is 2.28. The third-order valence-electron chi connectivity index (χ3n) is 2.94. The molecule has 1 saturated carbocycles. The van der Waals surface area contributed by atoms with Crippen LogP contribution in [0.1, 0.15) is 39.0 Å². The summed E-state index contributed by atoms with van der Waals surface area (Å²) >= 11 is 0. The zero-order valence-electron chi connectivity index (χ0n) is 8.00. The molecule has 0 aromatic heterocycles. The molecule has 2 nitrogen and oxygen atoms in total. The average molecular weight is 171 g/mol. The Morgan fingerprint density at radius 1 is 1.33 bits per heavy atom. The van der Waals surface area contributed by atoms with E-state index in [4.69, 9.17) is 10.8 Å². The molecule has 0 saturated heterocycles. The van der Waals surface area contributed by atoms with Crippen LogP contribution in [0, 0.1) is 11.8 Å². The van der Waals surface area contributed by atoms with Crippen LogP contribution >= 0.6 is 0 Å². The van der Waals surface area contributed by atoms with E-state index >= 15 is 0 Å². The second-order valence-corrected chi connectivity index (χ2v) is 4.30. The zero-order valence-corrected chi connectivity index (χ0v) is 8.00. The molecule has 0 aromatic rings. The normalized spacial score (nSPS) is 33.2. The second-order valence-electron chi connectivity index (χ2n) is 4.30. The lowest BCUT2D eigenvalue weighted by Gasteiger charge is -2.27. The van der Waals surface area contributed by atoms with Crippen LogP contribution in [-0.2, 0) is 0 Å². The molecule has 12 heavy (non-hydrogen) atoms. The highest BCUT2D eigenvalue weighted by Gasteiger charge is 2.19. The van der Waals surface area contributed by atoms with Gasteiger partial charge >= 0.3 is 0 Å². The zero-order chi connectivity index (χ0) is 8.97. The monoisotopic (exact) mass is 171 g/mol. The Hall–Kier alpha value is -0.0800. The third-order valence-corrected chi connectivity index (χ3v) is 2.94. The van der Waals surface area contributed by atoms with Gasteiger partial charge in [0.1, 0.15) is 0 Å². The van der Waals surface area contributed by atoms with Gasteiger partial charge in [0.05, 0.1) is 0 Å². The predicted octanol–water partition coefficient (Wildman–Crippen LogP) is 1.52. The number of nitrogens with two attached hydrogens (primary N) is 1. The van der Waals surface area contributed by atoms with Crippen molar-refractivity contribution in [2.45, 2.75) is 45.1 Å². The number of aliphatic hydroxyl groups excluding tert-OH is 1. The van der Waals surface area contributed by atoms with Gasteiger partial charge in [-0.25, -0.2) is 0 Å². The van der Waals surface area contributed by atoms with Crippen LogP contribution in [0.4, 0.5) is 0 Å². The first-order valence-corrected chi connectivity index (χ1v) is 5.08. The van der Waals surface area contributed by atoms with Crippen molar-refractivity contribution in [3.05, 3.63) is 0 Å². The topological polar surface area (TPSA) is 46.2 Å². The summed E-state index contributed by atoms with van der Waals surface area (Å²) in [5.41, 5.74) is 5.81. The molecule has 0 heterocycles. The SMILES string of the molecule is CC(CO)CC1CCC(N)CC1. The van der Waals surface area contributed by atoms with Crippen molar-refractivity contribution < 1.29 is 5.11 Å². The molecule has 1 aliphatic rings. The molecule has 1 rings (SSSR count). The van der Waals surface area contributed by atoms with Gasteiger partial charge in [-0.05, 0) is 43.9 Å². The van der Waals surface area contributed by atoms with E-state index in [0.29, 0.717) is 18.6 Å². The highest BCUT2D eigenvalue weighted by atomic mass is 16.3. The molecule has 3 N–H and O–H groups in total. The van der Waals surface area contributed by atoms with Crippen LogP contribution in [0.15, 0.2) is 0 Å². The van der Waals surface area contributed by atoms with E-state index in [9.17, 15) is 0 Å². The van der Waals surface area contributed by atoms with Crippen LogP contribution in [0.25, 0.3) is 0 Å². The quantitative estimate of drug-likeness (QED) is 0.676. The summed E-state index contributed by atoms with van der Waals surface area (Å²) in [6.45, 7) is 2.46. The summed E-state index contributed by atoms with van der Waals surface area (Å²) in [4.78, 5) is 0. The number of rotatable bonds is 3. The molecule has 0 aromatic carbocycles. The van der Waals surface area contributed by atoms with Gasteiger partial charge in [-0.1, -0.05) is 6.92 Å². The summed E-state index contributed by atoms with van der Waals surface area (Å²) in [7, 11) is 0. The first-order valence-electron chi connectivity index (χ1n) is 5.08. The van der Waals surface area contributed by atoms with Crippen LogP contribution in [0.5, 0.6) is 0 Å². The summed E-state index contributed by atoms with van der Waals surface area (Å²) in [5.74, 6) is 1.30. The minimum Gasteiger partial charge on any atom is -0.396 e. The van der Waals surface area contributed by atoms with Crippen LogP contribution in [0.2, 0.25) is 0 Å². The molecule has 0 amide bonds. The van der Waals surface area contributed by atoms with Crippen LogP contribution in [-0.4, -0.2) is 17.8 Å². The van der Waals surface area contributed by atoms with E-state index in [1.54, 1.807) is 0 Å². The maximum atomic E-state index is 8.89. The van der Waals surface area contributed by atoms with Gasteiger partial charge in [0.2, 0.25) is 0 Å². The van der Waals surface area contributed by atoms with Crippen molar-refractivity contribution in [1.29, 1.82) is 0 Å². The Morgan fingerprint density at radius 3 is 2.42 bits per heavy atom. The Labute approximate surface area is 75.2 Å². The van der Waals surface area contributed by atoms with Gasteiger partial charge < -0.3 is 10.8 Å². The van der Waals surface area contributed by atoms with Crippen LogP contribution < -0.4 is 5.73 Å². The fourth-order valence-electron chi connectivity index (χ4n) is 2.07. The van der Waals surface area contributed by atoms with Crippen LogP contribution in [0.3, 0.4) is 0 Å². The summed E-state index contributed by atoms with van der Waals surface area (Å²) < 4.78 is 0. The second kappa shape index (κ2) is 4.83. The summed E-state index contributed by atoms with van der Waals surface area (Å²) in [5, 5.41) is 8.89. The van der Waals surface area contributed by atoms with Gasteiger partial charge in [0, 0.05) is 12.6 Å². The largest absolute Gasteiger partial charge is 0.396 e. The van der Waals surface area contributed by atoms with Gasteiger partial charge in [-0.15, -0.1) is 0 Å². The summed E-state index contributed by atoms with van der Waals surface area (Å²) in [6, 6.07) is 0.450. The van der Waals surface area contributed by atoms with E-state index in [2.05, 4.69) is 6.92 Å². The van der Waals surface area contributed by atoms with Crippen molar-refractivity contribution >= 4 is 0 Å². The Kier molecular flexibility index (Phi) is 4.02. The Balaban J connectivity index is 2.17. The van der Waals surface area contributed by atoms with Crippen molar-refractivity contribution in [3.8, 4) is 0 Å². The molecule has 1 aliphatic carbocycles. The molecule has 0 aliphatic heterocycles. The smallest absolute Gasteiger partial charge is 0.0456 e. The first-order chi connectivity index (χ1) is 5.72. The van der Waals surface area contributed by atoms with E-state index < -0.39 is 0 Å². The van der Waals surface area contributed by atoms with Gasteiger partial charge in [0.25, 0.3) is 0 Å². The molecule has 0 bridgehead atoms. The fourth-order valence-corrected chi connectivity index (χ4v) is 2.07. The lowest BCUT2D eigenvalue weighted by atomic mass is 9.81. The maximum absolute atomic E-state index is 8.89. The average Bonchev–Trinajstić information content (AvgIpc) is 2.09. The van der Waals surface area contributed by atoms with E-state index in [1.807, 2.05) is 0 Å². The summed E-state index contributed by atoms with van der Waals surface area (Å²) in [6.07, 6.45) is 6.09. The maximum Gasteiger partial charge on any atom is 0.0456 e. The molecule has 2 heteroatoms. The molecule has 0 spiro atoms. The minimum absolute atomic E-state index is 0.336. The van der Waals surface area contributed by atoms with E-state index in [0.717, 1.165) is 5.92 Å². The third kappa shape index (κ3) is 3.11. The molecule has 1 fully saturated rings. The first kappa shape index (κ1) is 10.0. The number of hydrogen-bond donors (Lipinski definition) is 2. The van der Waals surface area contributed by atoms with Crippen molar-refractivity contribution in [2.24, 2.45) is 17.6 Å². The van der Waals surface area contributed by atoms with E-state index in [-0.39, 0.29) is 0 Å². The predicted molar refractivity (Wildman–Crippen MR) is 50.8 cm³/mol. The molecule has 1 atom stereocenters. The standard InChI is InChI=1S/C10H21NO/c1-8(7-12)6-9-2-4-10(11)5-3-9/h8-10,12H,2-7,11H2,1H3. The van der Waals surface area contributed by atoms with Gasteiger partial charge in [0.15, 0.2) is 0 Å². The van der Waals surface area contributed by atoms with Crippen molar-refractivity contribution in [1.82, 2.24) is 0 Å². The number of hydrogen-bond acceptors (Lipinski definition) is 2. The fraction of sp³-hybridized carbons (Fsp3) is 1.00. The Bertz CT molecular complexity index is 119. The van der Waals surface area contributed by atoms with Crippen molar-refractivity contribution in [3.63, 3.8) is 0 Å². The number of aliphatic hydroxyl groups is 1. The van der Waals surface area contributed by atoms with Gasteiger partial charge in [-0.2, -0.15) is 0 Å². The Morgan fingerprint density at radius 2 is 1.92 bits per heavy atom. The highest BCUT2D eigenvalue weighted by molar-refractivity contribution is 4.75.